The molecule has 0 amide bonds. The zero-order valence-electron chi connectivity index (χ0n) is 12.6. The van der Waals surface area contributed by atoms with Crippen LogP contribution in [0.1, 0.15) is 71.1 Å². The number of ether oxygens (including phenoxy) is 1. The van der Waals surface area contributed by atoms with Gasteiger partial charge in [0.1, 0.15) is 6.10 Å². The Bertz CT molecular complexity index is 341. The second-order valence-electron chi connectivity index (χ2n) is 5.85. The normalized spacial score (nSPS) is 28.4. The summed E-state index contributed by atoms with van der Waals surface area (Å²) in [7, 11) is 0. The fourth-order valence-corrected chi connectivity index (χ4v) is 3.18. The van der Waals surface area contributed by atoms with Crippen LogP contribution in [0.4, 0.5) is 0 Å². The maximum Gasteiger partial charge on any atom is 0.356 e. The van der Waals surface area contributed by atoms with Crippen molar-refractivity contribution in [1.29, 1.82) is 0 Å². The lowest BCUT2D eigenvalue weighted by atomic mass is 9.87. The first-order valence-corrected chi connectivity index (χ1v) is 8.23. The molecule has 0 spiro atoms. The Labute approximate surface area is 121 Å². The minimum Gasteiger partial charge on any atom is -0.461 e. The Balaban J connectivity index is 1.95. The van der Waals surface area contributed by atoms with Crippen LogP contribution in [0.15, 0.2) is 5.16 Å². The van der Waals surface area contributed by atoms with Gasteiger partial charge in [-0.15, -0.1) is 0 Å². The maximum atomic E-state index is 11.9. The van der Waals surface area contributed by atoms with Crippen LogP contribution in [0.3, 0.4) is 0 Å². The van der Waals surface area contributed by atoms with Gasteiger partial charge in [-0.3, -0.25) is 0 Å². The molecule has 4 heteroatoms. The molecule has 2 aliphatic rings. The first kappa shape index (κ1) is 15.3. The molecule has 0 aromatic carbocycles. The molecule has 0 aromatic rings. The SMILES string of the molecule is CCOC(=O)C1=NO[C@H]2CCCCCCCCCC[C@H]12. The molecule has 0 aromatic heterocycles. The molecular formula is C16H27NO3. The summed E-state index contributed by atoms with van der Waals surface area (Å²) in [6, 6.07) is 0. The Morgan fingerprint density at radius 1 is 1.10 bits per heavy atom. The fraction of sp³-hybridized carbons (Fsp3) is 0.875. The van der Waals surface area contributed by atoms with E-state index in [1.165, 1.54) is 44.9 Å². The monoisotopic (exact) mass is 281 g/mol. The summed E-state index contributed by atoms with van der Waals surface area (Å²) in [5, 5.41) is 4.03. The van der Waals surface area contributed by atoms with E-state index < -0.39 is 0 Å². The Kier molecular flexibility index (Phi) is 6.34. The van der Waals surface area contributed by atoms with Gasteiger partial charge in [0, 0.05) is 0 Å². The third-order valence-electron chi connectivity index (χ3n) is 4.32. The number of esters is 1. The Hall–Kier alpha value is -1.06. The number of hydrogen-bond acceptors (Lipinski definition) is 4. The molecule has 0 unspecified atom stereocenters. The topological polar surface area (TPSA) is 47.9 Å². The molecule has 0 radical (unpaired) electrons. The third kappa shape index (κ3) is 4.22. The first-order valence-electron chi connectivity index (χ1n) is 8.23. The number of carbonyl (C=O) groups excluding carboxylic acids is 1. The van der Waals surface area contributed by atoms with Gasteiger partial charge < -0.3 is 9.57 Å². The average molecular weight is 281 g/mol. The highest BCUT2D eigenvalue weighted by atomic mass is 16.6. The molecule has 1 fully saturated rings. The maximum absolute atomic E-state index is 11.9. The van der Waals surface area contributed by atoms with E-state index in [4.69, 9.17) is 9.57 Å². The standard InChI is InChI=1S/C16H27NO3/c1-2-19-16(18)15-13-11-9-7-5-3-4-6-8-10-12-14(13)20-17-15/h13-14H,2-12H2,1H3/t13-,14-/m0/s1. The molecule has 1 saturated carbocycles. The number of nitrogens with zero attached hydrogens (tertiary/aromatic N) is 1. The molecule has 2 rings (SSSR count). The third-order valence-corrected chi connectivity index (χ3v) is 4.32. The average Bonchev–Trinajstić information content (AvgIpc) is 2.82. The van der Waals surface area contributed by atoms with E-state index in [0.717, 1.165) is 19.3 Å². The number of carbonyl (C=O) groups is 1. The molecule has 2 atom stereocenters. The lowest BCUT2D eigenvalue weighted by Gasteiger charge is -2.19. The van der Waals surface area contributed by atoms with Crippen molar-refractivity contribution in [3.63, 3.8) is 0 Å². The summed E-state index contributed by atoms with van der Waals surface area (Å²) >= 11 is 0. The minimum absolute atomic E-state index is 0.0915. The van der Waals surface area contributed by atoms with Crippen LogP contribution >= 0.6 is 0 Å². The van der Waals surface area contributed by atoms with E-state index in [9.17, 15) is 4.79 Å². The van der Waals surface area contributed by atoms with E-state index in [0.29, 0.717) is 12.3 Å². The Morgan fingerprint density at radius 3 is 2.35 bits per heavy atom. The summed E-state index contributed by atoms with van der Waals surface area (Å²) < 4.78 is 5.10. The summed E-state index contributed by atoms with van der Waals surface area (Å²) in [6.45, 7) is 2.22. The van der Waals surface area contributed by atoms with Crippen molar-refractivity contribution in [2.75, 3.05) is 6.61 Å². The van der Waals surface area contributed by atoms with Gasteiger partial charge in [-0.2, -0.15) is 0 Å². The lowest BCUT2D eigenvalue weighted by molar-refractivity contribution is -0.135. The molecule has 20 heavy (non-hydrogen) atoms. The van der Waals surface area contributed by atoms with Gasteiger partial charge in [0.05, 0.1) is 12.5 Å². The molecule has 0 bridgehead atoms. The molecule has 0 saturated heterocycles. The molecule has 114 valence electrons. The van der Waals surface area contributed by atoms with Crippen LogP contribution in [0.25, 0.3) is 0 Å². The minimum atomic E-state index is -0.285. The van der Waals surface area contributed by atoms with Crippen LogP contribution in [-0.4, -0.2) is 24.4 Å². The van der Waals surface area contributed by atoms with E-state index in [2.05, 4.69) is 5.16 Å². The molecule has 4 nitrogen and oxygen atoms in total. The summed E-state index contributed by atoms with van der Waals surface area (Å²) in [4.78, 5) is 17.5. The van der Waals surface area contributed by atoms with Crippen molar-refractivity contribution >= 4 is 11.7 Å². The predicted octanol–water partition coefficient (Wildman–Crippen LogP) is 3.84. The van der Waals surface area contributed by atoms with Crippen molar-refractivity contribution in [3.05, 3.63) is 0 Å². The van der Waals surface area contributed by atoms with Gasteiger partial charge in [0.2, 0.25) is 0 Å². The summed E-state index contributed by atoms with van der Waals surface area (Å²) in [5.41, 5.74) is 0.522. The van der Waals surface area contributed by atoms with Crippen molar-refractivity contribution < 1.29 is 14.4 Å². The summed E-state index contributed by atoms with van der Waals surface area (Å²) in [6.07, 6.45) is 12.3. The fourth-order valence-electron chi connectivity index (χ4n) is 3.18. The van der Waals surface area contributed by atoms with Crippen LogP contribution in [0.5, 0.6) is 0 Å². The van der Waals surface area contributed by atoms with Gasteiger partial charge >= 0.3 is 5.97 Å². The van der Waals surface area contributed by atoms with Gasteiger partial charge in [0.25, 0.3) is 0 Å². The van der Waals surface area contributed by atoms with E-state index in [-0.39, 0.29) is 18.0 Å². The van der Waals surface area contributed by atoms with Crippen LogP contribution in [0.2, 0.25) is 0 Å². The largest absolute Gasteiger partial charge is 0.461 e. The summed E-state index contributed by atoms with van der Waals surface area (Å²) in [5.74, 6) is -0.138. The van der Waals surface area contributed by atoms with Gasteiger partial charge in [-0.25, -0.2) is 4.79 Å². The second-order valence-corrected chi connectivity index (χ2v) is 5.85. The molecular weight excluding hydrogens is 254 g/mol. The lowest BCUT2D eigenvalue weighted by Crippen LogP contribution is -2.30. The van der Waals surface area contributed by atoms with E-state index in [1.54, 1.807) is 0 Å². The zero-order valence-corrected chi connectivity index (χ0v) is 12.6. The highest BCUT2D eigenvalue weighted by molar-refractivity contribution is 6.37. The van der Waals surface area contributed by atoms with Crippen molar-refractivity contribution in [2.45, 2.75) is 77.2 Å². The number of hydrogen-bond donors (Lipinski definition) is 0. The molecule has 0 N–H and O–H groups in total. The number of fused-ring (bicyclic) bond motifs is 1. The highest BCUT2D eigenvalue weighted by Crippen LogP contribution is 2.29. The number of oxime groups is 1. The van der Waals surface area contributed by atoms with Gasteiger partial charge in [-0.05, 0) is 26.2 Å². The smallest absolute Gasteiger partial charge is 0.356 e. The zero-order chi connectivity index (χ0) is 14.2. The molecule has 1 heterocycles. The molecule has 1 aliphatic carbocycles. The van der Waals surface area contributed by atoms with Crippen LogP contribution in [0, 0.1) is 5.92 Å². The van der Waals surface area contributed by atoms with Gasteiger partial charge in [0.15, 0.2) is 5.71 Å². The number of rotatable bonds is 2. The van der Waals surface area contributed by atoms with Crippen LogP contribution in [-0.2, 0) is 14.4 Å². The van der Waals surface area contributed by atoms with Crippen molar-refractivity contribution in [1.82, 2.24) is 0 Å². The van der Waals surface area contributed by atoms with E-state index >= 15 is 0 Å². The van der Waals surface area contributed by atoms with Gasteiger partial charge in [-0.1, -0.05) is 50.1 Å². The molecule has 1 aliphatic heterocycles. The Morgan fingerprint density at radius 2 is 1.70 bits per heavy atom. The van der Waals surface area contributed by atoms with E-state index in [1.807, 2.05) is 6.92 Å². The van der Waals surface area contributed by atoms with Crippen molar-refractivity contribution in [3.8, 4) is 0 Å². The van der Waals surface area contributed by atoms with Crippen molar-refractivity contribution in [2.24, 2.45) is 11.1 Å². The first-order chi connectivity index (χ1) is 9.83. The quantitative estimate of drug-likeness (QED) is 0.723. The second kappa shape index (κ2) is 8.28. The van der Waals surface area contributed by atoms with Crippen LogP contribution < -0.4 is 0 Å². The highest BCUT2D eigenvalue weighted by Gasteiger charge is 2.37. The predicted molar refractivity (Wildman–Crippen MR) is 78.6 cm³/mol.